The fraction of sp³-hybridized carbons (Fsp3) is 0.444. The SMILES string of the molecule is CCc1[nH]c2c(c1C)=C(Cl)N(I)CN=2. The van der Waals surface area contributed by atoms with E-state index in [2.05, 4.69) is 46.7 Å². The quantitative estimate of drug-likeness (QED) is 0.473. The molecule has 0 saturated heterocycles. The van der Waals surface area contributed by atoms with Crippen molar-refractivity contribution in [1.29, 1.82) is 0 Å². The van der Waals surface area contributed by atoms with Crippen LogP contribution in [0.1, 0.15) is 18.2 Å². The third-order valence-electron chi connectivity index (χ3n) is 2.46. The van der Waals surface area contributed by atoms with Gasteiger partial charge in [-0.3, -0.25) is 3.11 Å². The summed E-state index contributed by atoms with van der Waals surface area (Å²) in [5.41, 5.74) is 3.37. The molecule has 1 aromatic heterocycles. The first-order chi connectivity index (χ1) is 6.65. The summed E-state index contributed by atoms with van der Waals surface area (Å²) in [7, 11) is 0. The topological polar surface area (TPSA) is 31.4 Å². The number of H-pyrrole nitrogens is 1. The van der Waals surface area contributed by atoms with Crippen molar-refractivity contribution in [2.75, 3.05) is 6.67 Å². The molecule has 0 unspecified atom stereocenters. The highest BCUT2D eigenvalue weighted by molar-refractivity contribution is 14.1. The zero-order chi connectivity index (χ0) is 10.3. The van der Waals surface area contributed by atoms with Gasteiger partial charge in [-0.05, 0) is 18.9 Å². The molecule has 0 aromatic carbocycles. The molecule has 1 aliphatic heterocycles. The Labute approximate surface area is 101 Å². The molecule has 5 heteroatoms. The second-order valence-electron chi connectivity index (χ2n) is 3.26. The number of nitrogens with zero attached hydrogens (tertiary/aromatic N) is 2. The summed E-state index contributed by atoms with van der Waals surface area (Å²) < 4.78 is 1.92. The van der Waals surface area contributed by atoms with Gasteiger partial charge in [0.1, 0.15) is 17.3 Å². The Bertz CT molecular complexity index is 477. The highest BCUT2D eigenvalue weighted by atomic mass is 127. The molecule has 0 bridgehead atoms. The molecular weight excluding hydrogens is 312 g/mol. The van der Waals surface area contributed by atoms with E-state index >= 15 is 0 Å². The van der Waals surface area contributed by atoms with Crippen LogP contribution in [0, 0.1) is 6.92 Å². The minimum absolute atomic E-state index is 0.621. The molecule has 0 saturated carbocycles. The monoisotopic (exact) mass is 323 g/mol. The number of aromatic nitrogens is 1. The number of nitrogens with one attached hydrogen (secondary N) is 1. The lowest BCUT2D eigenvalue weighted by molar-refractivity contribution is 0.684. The molecule has 1 aliphatic rings. The number of aryl methyl sites for hydroxylation is 1. The molecule has 0 fully saturated rings. The van der Waals surface area contributed by atoms with E-state index < -0.39 is 0 Å². The lowest BCUT2D eigenvalue weighted by atomic mass is 10.2. The van der Waals surface area contributed by atoms with Gasteiger partial charge in [-0.15, -0.1) is 0 Å². The van der Waals surface area contributed by atoms with Gasteiger partial charge in [0, 0.05) is 5.69 Å². The summed E-state index contributed by atoms with van der Waals surface area (Å²) >= 11 is 8.40. The fourth-order valence-corrected chi connectivity index (χ4v) is 2.35. The molecule has 1 aromatic rings. The molecule has 14 heavy (non-hydrogen) atoms. The summed E-state index contributed by atoms with van der Waals surface area (Å²) in [6.45, 7) is 4.83. The van der Waals surface area contributed by atoms with Crippen LogP contribution in [0.4, 0.5) is 0 Å². The predicted molar refractivity (Wildman–Crippen MR) is 65.7 cm³/mol. The van der Waals surface area contributed by atoms with Crippen molar-refractivity contribution >= 4 is 39.6 Å². The van der Waals surface area contributed by atoms with E-state index in [0.29, 0.717) is 6.67 Å². The number of rotatable bonds is 1. The van der Waals surface area contributed by atoms with Gasteiger partial charge in [0.2, 0.25) is 0 Å². The number of halogens is 2. The van der Waals surface area contributed by atoms with Gasteiger partial charge < -0.3 is 4.98 Å². The van der Waals surface area contributed by atoms with Crippen LogP contribution < -0.4 is 10.7 Å². The standard InChI is InChI=1S/C9H11ClIN3/c1-3-6-5(2)7-8(10)14(11)4-12-9(7)13-6/h3-4H2,1-2H3,(H,12,13). The van der Waals surface area contributed by atoms with Gasteiger partial charge >= 0.3 is 0 Å². The van der Waals surface area contributed by atoms with E-state index in [0.717, 1.165) is 22.3 Å². The van der Waals surface area contributed by atoms with E-state index in [9.17, 15) is 0 Å². The van der Waals surface area contributed by atoms with Gasteiger partial charge in [0.25, 0.3) is 0 Å². The summed E-state index contributed by atoms with van der Waals surface area (Å²) in [6, 6.07) is 0. The zero-order valence-electron chi connectivity index (χ0n) is 8.06. The molecular formula is C9H11ClIN3. The Morgan fingerprint density at radius 3 is 3.00 bits per heavy atom. The first-order valence-corrected chi connectivity index (χ1v) is 5.84. The van der Waals surface area contributed by atoms with Crippen LogP contribution in [0.25, 0.3) is 5.16 Å². The van der Waals surface area contributed by atoms with Gasteiger partial charge in [0.15, 0.2) is 0 Å². The maximum atomic E-state index is 6.23. The average molecular weight is 324 g/mol. The first kappa shape index (κ1) is 10.3. The van der Waals surface area contributed by atoms with Gasteiger partial charge in [0.05, 0.1) is 28.1 Å². The van der Waals surface area contributed by atoms with Crippen LogP contribution >= 0.6 is 34.5 Å². The van der Waals surface area contributed by atoms with Gasteiger partial charge in [-0.1, -0.05) is 18.5 Å². The molecule has 0 radical (unpaired) electrons. The normalized spacial score (nSPS) is 15.4. The Morgan fingerprint density at radius 2 is 2.36 bits per heavy atom. The summed E-state index contributed by atoms with van der Waals surface area (Å²) in [5, 5.41) is 1.84. The average Bonchev–Trinajstić information content (AvgIpc) is 2.50. The van der Waals surface area contributed by atoms with Gasteiger partial charge in [-0.2, -0.15) is 0 Å². The van der Waals surface area contributed by atoms with Crippen LogP contribution in [0.3, 0.4) is 0 Å². The van der Waals surface area contributed by atoms with Crippen LogP contribution in [0.5, 0.6) is 0 Å². The Morgan fingerprint density at radius 1 is 1.64 bits per heavy atom. The molecule has 0 amide bonds. The van der Waals surface area contributed by atoms with Crippen LogP contribution in [-0.4, -0.2) is 14.8 Å². The molecule has 3 nitrogen and oxygen atoms in total. The first-order valence-electron chi connectivity index (χ1n) is 4.50. The molecule has 0 aliphatic carbocycles. The smallest absolute Gasteiger partial charge is 0.137 e. The molecule has 0 atom stereocenters. The molecule has 76 valence electrons. The predicted octanol–water partition coefficient (Wildman–Crippen LogP) is 1.43. The van der Waals surface area contributed by atoms with E-state index in [1.54, 1.807) is 0 Å². The number of fused-ring (bicyclic) bond motifs is 1. The lowest BCUT2D eigenvalue weighted by Crippen LogP contribution is -2.35. The van der Waals surface area contributed by atoms with E-state index in [1.165, 1.54) is 11.3 Å². The van der Waals surface area contributed by atoms with Crippen molar-refractivity contribution < 1.29 is 0 Å². The Hall–Kier alpha value is -0.230. The minimum atomic E-state index is 0.621. The van der Waals surface area contributed by atoms with Crippen LogP contribution in [-0.2, 0) is 6.42 Å². The zero-order valence-corrected chi connectivity index (χ0v) is 11.0. The summed E-state index contributed by atoms with van der Waals surface area (Å²) in [4.78, 5) is 7.71. The Balaban J connectivity index is 2.82. The Kier molecular flexibility index (Phi) is 2.74. The third-order valence-corrected chi connectivity index (χ3v) is 3.93. The van der Waals surface area contributed by atoms with Crippen molar-refractivity contribution in [1.82, 2.24) is 8.10 Å². The number of hydrogen-bond donors (Lipinski definition) is 1. The number of hydrogen-bond acceptors (Lipinski definition) is 2. The third kappa shape index (κ3) is 1.44. The molecule has 2 heterocycles. The molecule has 0 spiro atoms. The van der Waals surface area contributed by atoms with Crippen LogP contribution in [0.15, 0.2) is 4.99 Å². The second kappa shape index (κ2) is 3.73. The highest BCUT2D eigenvalue weighted by Crippen LogP contribution is 2.16. The second-order valence-corrected chi connectivity index (χ2v) is 4.78. The highest BCUT2D eigenvalue weighted by Gasteiger charge is 2.14. The number of aromatic amines is 1. The lowest BCUT2D eigenvalue weighted by Gasteiger charge is -2.14. The van der Waals surface area contributed by atoms with Crippen molar-refractivity contribution in [3.8, 4) is 0 Å². The van der Waals surface area contributed by atoms with E-state index in [-0.39, 0.29) is 0 Å². The minimum Gasteiger partial charge on any atom is -0.343 e. The maximum Gasteiger partial charge on any atom is 0.137 e. The van der Waals surface area contributed by atoms with Gasteiger partial charge in [-0.25, -0.2) is 4.99 Å². The maximum absolute atomic E-state index is 6.23. The largest absolute Gasteiger partial charge is 0.343 e. The molecule has 1 N–H and O–H groups in total. The summed E-state index contributed by atoms with van der Waals surface area (Å²) in [5.74, 6) is 0. The van der Waals surface area contributed by atoms with E-state index in [1.807, 2.05) is 3.11 Å². The van der Waals surface area contributed by atoms with Crippen molar-refractivity contribution in [3.05, 3.63) is 22.0 Å². The van der Waals surface area contributed by atoms with E-state index in [4.69, 9.17) is 11.6 Å². The fourth-order valence-electron chi connectivity index (χ4n) is 1.67. The van der Waals surface area contributed by atoms with Crippen molar-refractivity contribution in [2.24, 2.45) is 4.99 Å². The van der Waals surface area contributed by atoms with Crippen LogP contribution in [0.2, 0.25) is 0 Å². The molecule has 2 rings (SSSR count). The van der Waals surface area contributed by atoms with Crippen molar-refractivity contribution in [2.45, 2.75) is 20.3 Å². The van der Waals surface area contributed by atoms with Crippen molar-refractivity contribution in [3.63, 3.8) is 0 Å². The summed E-state index contributed by atoms with van der Waals surface area (Å²) in [6.07, 6.45) is 0.986.